The van der Waals surface area contributed by atoms with Crippen LogP contribution in [0.1, 0.15) is 0 Å². The lowest BCUT2D eigenvalue weighted by Gasteiger charge is -2.16. The Labute approximate surface area is 124 Å². The number of rotatable bonds is 1. The minimum atomic E-state index is 1.27. The number of hydrogen-bond donors (Lipinski definition) is 0. The Hall–Kier alpha value is -2.54. The molecule has 0 atom stereocenters. The van der Waals surface area contributed by atoms with Crippen molar-refractivity contribution in [2.24, 2.45) is 0 Å². The molecule has 0 bridgehead atoms. The first-order valence-electron chi connectivity index (χ1n) is 7.25. The minimum absolute atomic E-state index is 1.27. The molecule has 102 valence electrons. The van der Waals surface area contributed by atoms with Crippen molar-refractivity contribution in [3.63, 3.8) is 0 Å². The lowest BCUT2D eigenvalue weighted by Crippen LogP contribution is -2.08. The molecule has 0 N–H and O–H groups in total. The summed E-state index contributed by atoms with van der Waals surface area (Å²) in [5, 5.41) is 7.81. The van der Waals surface area contributed by atoms with Crippen molar-refractivity contribution in [3.8, 4) is 0 Å². The maximum absolute atomic E-state index is 2.31. The number of benzene rings is 4. The molecule has 4 aromatic carbocycles. The van der Waals surface area contributed by atoms with Crippen LogP contribution in [0.15, 0.2) is 66.7 Å². The summed E-state index contributed by atoms with van der Waals surface area (Å²) < 4.78 is 0. The maximum atomic E-state index is 2.31. The minimum Gasteiger partial charge on any atom is -0.377 e. The van der Waals surface area contributed by atoms with E-state index >= 15 is 0 Å². The molecular weight excluding hydrogens is 254 g/mol. The predicted molar refractivity (Wildman–Crippen MR) is 93.3 cm³/mol. The van der Waals surface area contributed by atoms with Gasteiger partial charge in [-0.2, -0.15) is 0 Å². The highest BCUT2D eigenvalue weighted by Crippen LogP contribution is 2.31. The van der Waals surface area contributed by atoms with E-state index < -0.39 is 0 Å². The average Bonchev–Trinajstić information content (AvgIpc) is 2.50. The summed E-state index contributed by atoms with van der Waals surface area (Å²) in [6.07, 6.45) is 0. The van der Waals surface area contributed by atoms with E-state index in [-0.39, 0.29) is 0 Å². The van der Waals surface area contributed by atoms with Crippen LogP contribution in [-0.2, 0) is 0 Å². The molecule has 0 unspecified atom stereocenters. The highest BCUT2D eigenvalue weighted by molar-refractivity contribution is 6.07. The normalized spacial score (nSPS) is 11.3. The Kier molecular flexibility index (Phi) is 2.61. The lowest BCUT2D eigenvalue weighted by atomic mass is 9.99. The van der Waals surface area contributed by atoms with E-state index in [9.17, 15) is 0 Å². The molecule has 0 radical (unpaired) electrons. The Balaban J connectivity index is 2.13. The number of hydrogen-bond acceptors (Lipinski definition) is 1. The molecule has 1 nitrogen and oxygen atoms in total. The average molecular weight is 271 g/mol. The first kappa shape index (κ1) is 12.2. The van der Waals surface area contributed by atoms with Crippen LogP contribution in [0.3, 0.4) is 0 Å². The van der Waals surface area contributed by atoms with Crippen molar-refractivity contribution < 1.29 is 0 Å². The van der Waals surface area contributed by atoms with Gasteiger partial charge in [0.1, 0.15) is 0 Å². The van der Waals surface area contributed by atoms with E-state index in [4.69, 9.17) is 0 Å². The molecule has 0 spiro atoms. The van der Waals surface area contributed by atoms with Gasteiger partial charge in [0, 0.05) is 25.2 Å². The SMILES string of the molecule is CN(C)c1cccc2cc3cc4ccccc4cc3cc12. The van der Waals surface area contributed by atoms with Crippen LogP contribution in [0, 0.1) is 0 Å². The van der Waals surface area contributed by atoms with Gasteiger partial charge in [0.05, 0.1) is 0 Å². The standard InChI is InChI=1S/C20H17N/c1-21(2)20-9-5-8-16-12-17-10-14-6-3-4-7-15(14)11-18(17)13-19(16)20/h3-13H,1-2H3. The fourth-order valence-corrected chi connectivity index (χ4v) is 3.09. The fourth-order valence-electron chi connectivity index (χ4n) is 3.09. The van der Waals surface area contributed by atoms with E-state index in [1.807, 2.05) is 0 Å². The molecule has 1 heteroatoms. The second kappa shape index (κ2) is 4.49. The summed E-state index contributed by atoms with van der Waals surface area (Å²) in [6, 6.07) is 24.2. The summed E-state index contributed by atoms with van der Waals surface area (Å²) >= 11 is 0. The molecule has 4 rings (SSSR count). The summed E-state index contributed by atoms with van der Waals surface area (Å²) in [5.41, 5.74) is 1.27. The number of fused-ring (bicyclic) bond motifs is 3. The largest absolute Gasteiger partial charge is 0.377 e. The maximum Gasteiger partial charge on any atom is 0.0440 e. The summed E-state index contributed by atoms with van der Waals surface area (Å²) in [4.78, 5) is 2.18. The molecule has 0 aliphatic rings. The second-order valence-corrected chi connectivity index (χ2v) is 5.79. The molecule has 0 saturated heterocycles. The highest BCUT2D eigenvalue weighted by atomic mass is 15.1. The first-order valence-corrected chi connectivity index (χ1v) is 7.25. The first-order chi connectivity index (χ1) is 10.2. The zero-order valence-electron chi connectivity index (χ0n) is 12.3. The Morgan fingerprint density at radius 1 is 0.571 bits per heavy atom. The zero-order chi connectivity index (χ0) is 14.4. The Morgan fingerprint density at radius 3 is 1.81 bits per heavy atom. The molecule has 0 aliphatic carbocycles. The molecule has 4 aromatic rings. The van der Waals surface area contributed by atoms with Gasteiger partial charge in [-0.25, -0.2) is 0 Å². The van der Waals surface area contributed by atoms with E-state index in [0.29, 0.717) is 0 Å². The van der Waals surface area contributed by atoms with Crippen LogP contribution in [0.2, 0.25) is 0 Å². The third-order valence-corrected chi connectivity index (χ3v) is 4.16. The molecule has 0 fully saturated rings. The van der Waals surface area contributed by atoms with E-state index in [1.165, 1.54) is 38.0 Å². The summed E-state index contributed by atoms with van der Waals surface area (Å²) in [6.45, 7) is 0. The van der Waals surface area contributed by atoms with Crippen molar-refractivity contribution >= 4 is 38.0 Å². The van der Waals surface area contributed by atoms with Gasteiger partial charge in [-0.3, -0.25) is 0 Å². The van der Waals surface area contributed by atoms with Crippen LogP contribution in [-0.4, -0.2) is 14.1 Å². The van der Waals surface area contributed by atoms with E-state index in [0.717, 1.165) is 0 Å². The third kappa shape index (κ3) is 1.93. The van der Waals surface area contributed by atoms with Gasteiger partial charge >= 0.3 is 0 Å². The van der Waals surface area contributed by atoms with Crippen molar-refractivity contribution in [1.29, 1.82) is 0 Å². The van der Waals surface area contributed by atoms with Gasteiger partial charge in [0.2, 0.25) is 0 Å². The summed E-state index contributed by atoms with van der Waals surface area (Å²) in [5.74, 6) is 0. The smallest absolute Gasteiger partial charge is 0.0440 e. The molecular formula is C20H17N. The van der Waals surface area contributed by atoms with Crippen molar-refractivity contribution in [1.82, 2.24) is 0 Å². The van der Waals surface area contributed by atoms with Crippen LogP contribution < -0.4 is 4.90 Å². The van der Waals surface area contributed by atoms with Crippen molar-refractivity contribution in [2.75, 3.05) is 19.0 Å². The van der Waals surface area contributed by atoms with Crippen LogP contribution in [0.25, 0.3) is 32.3 Å². The molecule has 0 saturated carbocycles. The third-order valence-electron chi connectivity index (χ3n) is 4.16. The summed E-state index contributed by atoms with van der Waals surface area (Å²) in [7, 11) is 4.19. The molecule has 21 heavy (non-hydrogen) atoms. The molecule has 0 aliphatic heterocycles. The molecule has 0 aromatic heterocycles. The van der Waals surface area contributed by atoms with Crippen molar-refractivity contribution in [3.05, 3.63) is 66.7 Å². The Morgan fingerprint density at radius 2 is 1.14 bits per heavy atom. The van der Waals surface area contributed by atoms with E-state index in [1.54, 1.807) is 0 Å². The van der Waals surface area contributed by atoms with Gasteiger partial charge in [-0.05, 0) is 57.3 Å². The fraction of sp³-hybridized carbons (Fsp3) is 0.100. The second-order valence-electron chi connectivity index (χ2n) is 5.79. The molecule has 0 amide bonds. The number of anilines is 1. The van der Waals surface area contributed by atoms with Crippen molar-refractivity contribution in [2.45, 2.75) is 0 Å². The quantitative estimate of drug-likeness (QED) is 0.429. The van der Waals surface area contributed by atoms with E-state index in [2.05, 4.69) is 85.7 Å². The van der Waals surface area contributed by atoms with Crippen LogP contribution in [0.5, 0.6) is 0 Å². The predicted octanol–water partition coefficient (Wildman–Crippen LogP) is 5.21. The van der Waals surface area contributed by atoms with Crippen LogP contribution in [0.4, 0.5) is 5.69 Å². The lowest BCUT2D eigenvalue weighted by molar-refractivity contribution is 1.14. The molecule has 0 heterocycles. The zero-order valence-corrected chi connectivity index (χ0v) is 12.3. The topological polar surface area (TPSA) is 3.24 Å². The Bertz CT molecular complexity index is 967. The van der Waals surface area contributed by atoms with Crippen LogP contribution >= 0.6 is 0 Å². The highest BCUT2D eigenvalue weighted by Gasteiger charge is 2.05. The van der Waals surface area contributed by atoms with Gasteiger partial charge in [-0.1, -0.05) is 36.4 Å². The number of nitrogens with zero attached hydrogens (tertiary/aromatic N) is 1. The van der Waals surface area contributed by atoms with Gasteiger partial charge in [0.25, 0.3) is 0 Å². The van der Waals surface area contributed by atoms with Gasteiger partial charge < -0.3 is 4.90 Å². The van der Waals surface area contributed by atoms with Gasteiger partial charge in [0.15, 0.2) is 0 Å². The van der Waals surface area contributed by atoms with Gasteiger partial charge in [-0.15, -0.1) is 0 Å². The monoisotopic (exact) mass is 271 g/mol.